The summed E-state index contributed by atoms with van der Waals surface area (Å²) in [7, 11) is 1.83. The van der Waals surface area contributed by atoms with E-state index >= 15 is 0 Å². The smallest absolute Gasteiger partial charge is 0.330 e. The molecule has 2 aromatic carbocycles. The lowest BCUT2D eigenvalue weighted by atomic mass is 9.98. The van der Waals surface area contributed by atoms with E-state index in [1.165, 1.54) is 6.21 Å². The first kappa shape index (κ1) is 23.3. The monoisotopic (exact) mass is 487 g/mol. The number of carbonyl (C=O) groups is 1. The summed E-state index contributed by atoms with van der Waals surface area (Å²) in [6, 6.07) is 14.3. The van der Waals surface area contributed by atoms with E-state index in [9.17, 15) is 9.90 Å². The maximum atomic E-state index is 11.1. The molecule has 5 rings (SSSR count). The summed E-state index contributed by atoms with van der Waals surface area (Å²) < 4.78 is 13.1. The van der Waals surface area contributed by atoms with Crippen LogP contribution < -0.4 is 14.8 Å². The van der Waals surface area contributed by atoms with Crippen LogP contribution in [0, 0.1) is 6.92 Å². The van der Waals surface area contributed by atoms with Crippen molar-refractivity contribution in [3.05, 3.63) is 59.8 Å². The van der Waals surface area contributed by atoms with Gasteiger partial charge in [-0.25, -0.2) is 9.78 Å². The summed E-state index contributed by atoms with van der Waals surface area (Å²) >= 11 is 0. The second kappa shape index (κ2) is 9.67. The van der Waals surface area contributed by atoms with Gasteiger partial charge < -0.3 is 25.0 Å². The summed E-state index contributed by atoms with van der Waals surface area (Å²) in [5.41, 5.74) is 5.82. The van der Waals surface area contributed by atoms with E-state index in [0.717, 1.165) is 39.4 Å². The van der Waals surface area contributed by atoms with Crippen molar-refractivity contribution in [1.29, 1.82) is 0 Å². The van der Waals surface area contributed by atoms with Gasteiger partial charge in [0.2, 0.25) is 0 Å². The average molecular weight is 488 g/mol. The Bertz CT molecular complexity index is 1480. The third-order valence-corrected chi connectivity index (χ3v) is 6.00. The Labute approximate surface area is 206 Å². The number of hydrogen-bond acceptors (Lipinski definition) is 8. The van der Waals surface area contributed by atoms with Crippen molar-refractivity contribution < 1.29 is 24.5 Å². The Morgan fingerprint density at radius 3 is 2.78 bits per heavy atom. The zero-order valence-corrected chi connectivity index (χ0v) is 19.8. The van der Waals surface area contributed by atoms with Crippen LogP contribution in [0.15, 0.2) is 53.5 Å². The molecule has 10 nitrogen and oxygen atoms in total. The molecule has 0 bridgehead atoms. The molecule has 184 valence electrons. The van der Waals surface area contributed by atoms with Gasteiger partial charge in [0.15, 0.2) is 23.4 Å². The fourth-order valence-electron chi connectivity index (χ4n) is 4.09. The minimum absolute atomic E-state index is 0.458. The third-order valence-electron chi connectivity index (χ3n) is 6.00. The molecule has 0 radical (unpaired) electrons. The van der Waals surface area contributed by atoms with E-state index < -0.39 is 18.6 Å². The Morgan fingerprint density at radius 1 is 1.19 bits per heavy atom. The van der Waals surface area contributed by atoms with Gasteiger partial charge in [-0.3, -0.25) is 9.67 Å². The first-order chi connectivity index (χ1) is 17.4. The Balaban J connectivity index is 1.47. The van der Waals surface area contributed by atoms with Crippen molar-refractivity contribution in [3.8, 4) is 22.6 Å². The highest BCUT2D eigenvalue weighted by Crippen LogP contribution is 2.37. The molecule has 3 N–H and O–H groups in total. The van der Waals surface area contributed by atoms with E-state index in [4.69, 9.17) is 14.6 Å². The van der Waals surface area contributed by atoms with Gasteiger partial charge in [-0.2, -0.15) is 5.10 Å². The highest BCUT2D eigenvalue weighted by Gasteiger charge is 2.17. The number of carboxylic acids is 1. The molecule has 0 fully saturated rings. The molecule has 0 saturated carbocycles. The minimum Gasteiger partial charge on any atom is -0.486 e. The largest absolute Gasteiger partial charge is 0.486 e. The number of ether oxygens (including phenoxy) is 2. The Morgan fingerprint density at radius 2 is 2.00 bits per heavy atom. The van der Waals surface area contributed by atoms with Crippen LogP contribution in [0.3, 0.4) is 0 Å². The quantitative estimate of drug-likeness (QED) is 0.338. The van der Waals surface area contributed by atoms with Crippen LogP contribution in [-0.4, -0.2) is 63.0 Å². The predicted octanol–water partition coefficient (Wildman–Crippen LogP) is 3.32. The number of rotatable bonds is 7. The van der Waals surface area contributed by atoms with Crippen molar-refractivity contribution in [2.75, 3.05) is 25.1 Å². The molecule has 10 heteroatoms. The number of carboxylic acid groups (broad SMARTS) is 1. The van der Waals surface area contributed by atoms with E-state index in [0.29, 0.717) is 30.2 Å². The van der Waals surface area contributed by atoms with Crippen molar-refractivity contribution in [2.45, 2.75) is 13.0 Å². The first-order valence-corrected chi connectivity index (χ1v) is 11.4. The number of hydrogen-bond donors (Lipinski definition) is 3. The number of fused-ring (bicyclic) bond motifs is 2. The van der Waals surface area contributed by atoms with Crippen molar-refractivity contribution in [2.24, 2.45) is 12.0 Å². The van der Waals surface area contributed by atoms with Gasteiger partial charge in [-0.05, 0) is 53.9 Å². The molecule has 0 spiro atoms. The number of aliphatic hydroxyl groups is 1. The van der Waals surface area contributed by atoms with Gasteiger partial charge in [0.25, 0.3) is 0 Å². The minimum atomic E-state index is -1.24. The van der Waals surface area contributed by atoms with Crippen LogP contribution in [0.1, 0.15) is 11.3 Å². The van der Waals surface area contributed by atoms with E-state index in [-0.39, 0.29) is 0 Å². The predicted molar refractivity (Wildman–Crippen MR) is 136 cm³/mol. The van der Waals surface area contributed by atoms with E-state index in [1.807, 2.05) is 50.4 Å². The number of anilines is 2. The van der Waals surface area contributed by atoms with Crippen molar-refractivity contribution in [3.63, 3.8) is 0 Å². The summed E-state index contributed by atoms with van der Waals surface area (Å²) in [6.45, 7) is 2.52. The molecule has 36 heavy (non-hydrogen) atoms. The van der Waals surface area contributed by atoms with E-state index in [2.05, 4.69) is 26.5 Å². The van der Waals surface area contributed by atoms with Crippen LogP contribution in [-0.2, 0) is 11.8 Å². The number of aliphatic imine (C=N–C) groups is 1. The van der Waals surface area contributed by atoms with Crippen LogP contribution in [0.4, 0.5) is 11.5 Å². The fourth-order valence-corrected chi connectivity index (χ4v) is 4.09. The zero-order valence-electron chi connectivity index (χ0n) is 19.8. The molecule has 1 atom stereocenters. The molecule has 1 aliphatic rings. The lowest BCUT2D eigenvalue weighted by Crippen LogP contribution is -2.22. The molecule has 2 aromatic heterocycles. The van der Waals surface area contributed by atoms with E-state index in [1.54, 1.807) is 10.7 Å². The summed E-state index contributed by atoms with van der Waals surface area (Å²) in [5, 5.41) is 26.3. The summed E-state index contributed by atoms with van der Waals surface area (Å²) in [5.74, 6) is 0.835. The molecule has 3 heterocycles. The maximum absolute atomic E-state index is 11.1. The van der Waals surface area contributed by atoms with Gasteiger partial charge in [-0.15, -0.1) is 0 Å². The van der Waals surface area contributed by atoms with Gasteiger partial charge in [0, 0.05) is 18.9 Å². The lowest BCUT2D eigenvalue weighted by molar-refractivity contribution is -0.139. The second-order valence-corrected chi connectivity index (χ2v) is 8.35. The van der Waals surface area contributed by atoms with Crippen LogP contribution in [0.2, 0.25) is 0 Å². The first-order valence-electron chi connectivity index (χ1n) is 11.4. The number of nitrogens with zero attached hydrogens (tertiary/aromatic N) is 4. The van der Waals surface area contributed by atoms with Gasteiger partial charge >= 0.3 is 5.97 Å². The number of benzene rings is 2. The van der Waals surface area contributed by atoms with Gasteiger partial charge in [0.05, 0.1) is 17.8 Å². The van der Waals surface area contributed by atoms with Crippen LogP contribution >= 0.6 is 0 Å². The Kier molecular flexibility index (Phi) is 6.26. The number of aryl methyl sites for hydroxylation is 1. The van der Waals surface area contributed by atoms with Crippen LogP contribution in [0.25, 0.3) is 22.2 Å². The number of aromatic nitrogens is 3. The third kappa shape index (κ3) is 4.46. The number of aliphatic carboxylic acids is 1. The molecule has 4 aromatic rings. The van der Waals surface area contributed by atoms with Crippen molar-refractivity contribution in [1.82, 2.24) is 14.8 Å². The van der Waals surface area contributed by atoms with Gasteiger partial charge in [0.1, 0.15) is 18.7 Å². The number of pyridine rings is 1. The summed E-state index contributed by atoms with van der Waals surface area (Å²) in [6.07, 6.45) is 1.35. The normalized spacial score (nSPS) is 13.8. The topological polar surface area (TPSA) is 131 Å². The average Bonchev–Trinajstić information content (AvgIpc) is 3.19. The Hall–Kier alpha value is -4.44. The molecule has 0 aliphatic carbocycles. The second-order valence-electron chi connectivity index (χ2n) is 8.35. The molecular formula is C26H25N5O5. The fraction of sp³-hybridized carbons (Fsp3) is 0.231. The highest BCUT2D eigenvalue weighted by atomic mass is 16.6. The SMILES string of the molecule is Cc1c(Nc2nn(C)c3ccc(C=N[C@H](CO)C(=O)O)nc23)cccc1-c1ccc2c(c1)OCCO2. The molecular weight excluding hydrogens is 462 g/mol. The van der Waals surface area contributed by atoms with Crippen LogP contribution in [0.5, 0.6) is 11.5 Å². The number of aliphatic hydroxyl groups excluding tert-OH is 1. The van der Waals surface area contributed by atoms with Gasteiger partial charge in [-0.1, -0.05) is 18.2 Å². The molecule has 0 saturated heterocycles. The molecule has 0 unspecified atom stereocenters. The standard InChI is InChI=1S/C26H25N5O5/c1-15-18(16-6-9-22-23(12-16)36-11-10-35-22)4-3-5-19(15)29-25-24-21(31(2)30-25)8-7-17(28-24)13-27-20(14-32)26(33)34/h3-9,12-13,20,32H,10-11,14H2,1-2H3,(H,29,30)(H,33,34)/t20-/m1/s1. The molecule has 0 amide bonds. The molecule has 1 aliphatic heterocycles. The summed E-state index contributed by atoms with van der Waals surface area (Å²) in [4.78, 5) is 19.7. The number of nitrogens with one attached hydrogen (secondary N) is 1. The maximum Gasteiger partial charge on any atom is 0.330 e. The highest BCUT2D eigenvalue weighted by molar-refractivity contribution is 5.92. The zero-order chi connectivity index (χ0) is 25.2. The van der Waals surface area contributed by atoms with Crippen molar-refractivity contribution >= 4 is 34.7 Å². The lowest BCUT2D eigenvalue weighted by Gasteiger charge is -2.19.